The summed E-state index contributed by atoms with van der Waals surface area (Å²) in [6.45, 7) is 3.04. The zero-order chi connectivity index (χ0) is 9.97. The summed E-state index contributed by atoms with van der Waals surface area (Å²) in [6.07, 6.45) is 4.54. The van der Waals surface area contributed by atoms with Crippen LogP contribution < -0.4 is 11.1 Å². The predicted molar refractivity (Wildman–Crippen MR) is 58.1 cm³/mol. The first kappa shape index (κ1) is 9.46. The highest BCUT2D eigenvalue weighted by Gasteiger charge is 2.20. The standard InChI is InChI=1S/C11H17N3/c1-8(12)10-4-5-13-11(6-10)14-7-9-2-3-9/h4-6,8-9H,2-3,7,12H2,1H3,(H,13,14). The van der Waals surface area contributed by atoms with Crippen molar-refractivity contribution >= 4 is 5.82 Å². The maximum atomic E-state index is 5.80. The molecule has 0 amide bonds. The molecule has 0 bridgehead atoms. The lowest BCUT2D eigenvalue weighted by Gasteiger charge is -2.08. The first-order valence-electron chi connectivity index (χ1n) is 5.21. The second-order valence-corrected chi connectivity index (χ2v) is 4.09. The smallest absolute Gasteiger partial charge is 0.126 e. The van der Waals surface area contributed by atoms with Crippen LogP contribution in [0.1, 0.15) is 31.4 Å². The molecule has 0 aliphatic heterocycles. The van der Waals surface area contributed by atoms with Crippen molar-refractivity contribution in [1.82, 2.24) is 4.98 Å². The molecule has 1 aromatic heterocycles. The van der Waals surface area contributed by atoms with Gasteiger partial charge in [0, 0.05) is 18.8 Å². The highest BCUT2D eigenvalue weighted by atomic mass is 15.0. The fourth-order valence-corrected chi connectivity index (χ4v) is 1.40. The van der Waals surface area contributed by atoms with Gasteiger partial charge in [-0.2, -0.15) is 0 Å². The second kappa shape index (κ2) is 3.96. The molecule has 1 aliphatic rings. The van der Waals surface area contributed by atoms with Gasteiger partial charge in [-0.25, -0.2) is 4.98 Å². The fraction of sp³-hybridized carbons (Fsp3) is 0.545. The molecular formula is C11H17N3. The summed E-state index contributed by atoms with van der Waals surface area (Å²) in [5.74, 6) is 1.82. The Morgan fingerprint density at radius 2 is 2.43 bits per heavy atom. The van der Waals surface area contributed by atoms with Crippen LogP contribution in [0.25, 0.3) is 0 Å². The molecule has 1 aliphatic carbocycles. The molecule has 0 radical (unpaired) electrons. The topological polar surface area (TPSA) is 50.9 Å². The van der Waals surface area contributed by atoms with Gasteiger partial charge >= 0.3 is 0 Å². The molecule has 1 fully saturated rings. The Morgan fingerprint density at radius 3 is 3.07 bits per heavy atom. The number of nitrogens with zero attached hydrogens (tertiary/aromatic N) is 1. The summed E-state index contributed by atoms with van der Waals surface area (Å²) in [7, 11) is 0. The molecule has 2 rings (SSSR count). The Morgan fingerprint density at radius 1 is 1.64 bits per heavy atom. The largest absolute Gasteiger partial charge is 0.370 e. The predicted octanol–water partition coefficient (Wildman–Crippen LogP) is 1.92. The SMILES string of the molecule is CC(N)c1ccnc(NCC2CC2)c1. The Labute approximate surface area is 84.7 Å². The van der Waals surface area contributed by atoms with Crippen molar-refractivity contribution in [1.29, 1.82) is 0 Å². The van der Waals surface area contributed by atoms with E-state index >= 15 is 0 Å². The van der Waals surface area contributed by atoms with Crippen molar-refractivity contribution in [3.8, 4) is 0 Å². The quantitative estimate of drug-likeness (QED) is 0.764. The highest BCUT2D eigenvalue weighted by Crippen LogP contribution is 2.28. The van der Waals surface area contributed by atoms with Crippen molar-refractivity contribution in [3.05, 3.63) is 23.9 Å². The van der Waals surface area contributed by atoms with Crippen LogP contribution in [0.4, 0.5) is 5.82 Å². The van der Waals surface area contributed by atoms with Crippen LogP contribution in [-0.4, -0.2) is 11.5 Å². The summed E-state index contributed by atoms with van der Waals surface area (Å²) in [5, 5.41) is 3.34. The lowest BCUT2D eigenvalue weighted by Crippen LogP contribution is -2.08. The van der Waals surface area contributed by atoms with E-state index in [1.54, 1.807) is 0 Å². The van der Waals surface area contributed by atoms with Crippen LogP contribution in [0.15, 0.2) is 18.3 Å². The third kappa shape index (κ3) is 2.45. The monoisotopic (exact) mass is 191 g/mol. The van der Waals surface area contributed by atoms with E-state index in [0.717, 1.165) is 23.8 Å². The molecule has 0 aromatic carbocycles. The van der Waals surface area contributed by atoms with Gasteiger partial charge in [-0.05, 0) is 43.4 Å². The second-order valence-electron chi connectivity index (χ2n) is 4.09. The van der Waals surface area contributed by atoms with Gasteiger partial charge in [0.15, 0.2) is 0 Å². The fourth-order valence-electron chi connectivity index (χ4n) is 1.40. The molecule has 76 valence electrons. The molecule has 0 saturated heterocycles. The summed E-state index contributed by atoms with van der Waals surface area (Å²) < 4.78 is 0. The van der Waals surface area contributed by atoms with Gasteiger partial charge in [-0.3, -0.25) is 0 Å². The average Bonchev–Trinajstić information content (AvgIpc) is 2.99. The molecule has 0 spiro atoms. The Kier molecular flexibility index (Phi) is 2.68. The summed E-state index contributed by atoms with van der Waals surface area (Å²) >= 11 is 0. The minimum Gasteiger partial charge on any atom is -0.370 e. The number of hydrogen-bond acceptors (Lipinski definition) is 3. The molecule has 1 atom stereocenters. The van der Waals surface area contributed by atoms with E-state index in [1.165, 1.54) is 12.8 Å². The lowest BCUT2D eigenvalue weighted by atomic mass is 10.1. The normalized spacial score (nSPS) is 17.9. The van der Waals surface area contributed by atoms with Crippen molar-refractivity contribution in [3.63, 3.8) is 0 Å². The highest BCUT2D eigenvalue weighted by molar-refractivity contribution is 5.38. The van der Waals surface area contributed by atoms with Gasteiger partial charge in [-0.15, -0.1) is 0 Å². The van der Waals surface area contributed by atoms with Gasteiger partial charge < -0.3 is 11.1 Å². The first-order chi connectivity index (χ1) is 6.75. The van der Waals surface area contributed by atoms with E-state index in [-0.39, 0.29) is 6.04 Å². The molecule has 3 heteroatoms. The van der Waals surface area contributed by atoms with Crippen molar-refractivity contribution in [2.24, 2.45) is 11.7 Å². The van der Waals surface area contributed by atoms with Crippen molar-refractivity contribution < 1.29 is 0 Å². The van der Waals surface area contributed by atoms with E-state index in [0.29, 0.717) is 0 Å². The van der Waals surface area contributed by atoms with Crippen LogP contribution >= 0.6 is 0 Å². The van der Waals surface area contributed by atoms with Gasteiger partial charge in [0.1, 0.15) is 5.82 Å². The number of pyridine rings is 1. The van der Waals surface area contributed by atoms with Crippen molar-refractivity contribution in [2.75, 3.05) is 11.9 Å². The Hall–Kier alpha value is -1.09. The molecule has 1 unspecified atom stereocenters. The van der Waals surface area contributed by atoms with Crippen LogP contribution in [0.3, 0.4) is 0 Å². The molecule has 1 aromatic rings. The number of hydrogen-bond donors (Lipinski definition) is 2. The first-order valence-corrected chi connectivity index (χ1v) is 5.21. The molecule has 1 heterocycles. The van der Waals surface area contributed by atoms with E-state index < -0.39 is 0 Å². The molecule has 3 nitrogen and oxygen atoms in total. The summed E-state index contributed by atoms with van der Waals surface area (Å²) in [4.78, 5) is 4.25. The zero-order valence-electron chi connectivity index (χ0n) is 8.53. The third-order valence-corrected chi connectivity index (χ3v) is 2.58. The van der Waals surface area contributed by atoms with Crippen LogP contribution in [0.5, 0.6) is 0 Å². The van der Waals surface area contributed by atoms with Gasteiger partial charge in [0.2, 0.25) is 0 Å². The van der Waals surface area contributed by atoms with Crippen LogP contribution in [0, 0.1) is 5.92 Å². The third-order valence-electron chi connectivity index (χ3n) is 2.58. The number of aromatic nitrogens is 1. The van der Waals surface area contributed by atoms with E-state index in [2.05, 4.69) is 10.3 Å². The van der Waals surface area contributed by atoms with E-state index in [4.69, 9.17) is 5.73 Å². The zero-order valence-corrected chi connectivity index (χ0v) is 8.53. The van der Waals surface area contributed by atoms with Gasteiger partial charge in [0.25, 0.3) is 0 Å². The molecular weight excluding hydrogens is 174 g/mol. The Balaban J connectivity index is 1.97. The van der Waals surface area contributed by atoms with Gasteiger partial charge in [-0.1, -0.05) is 0 Å². The Bertz CT molecular complexity index is 305. The molecule has 1 saturated carbocycles. The lowest BCUT2D eigenvalue weighted by molar-refractivity contribution is 0.813. The van der Waals surface area contributed by atoms with Crippen LogP contribution in [0.2, 0.25) is 0 Å². The average molecular weight is 191 g/mol. The number of nitrogens with two attached hydrogens (primary N) is 1. The number of rotatable bonds is 4. The summed E-state index contributed by atoms with van der Waals surface area (Å²) in [6, 6.07) is 4.08. The molecule has 14 heavy (non-hydrogen) atoms. The maximum Gasteiger partial charge on any atom is 0.126 e. The number of anilines is 1. The maximum absolute atomic E-state index is 5.80. The molecule has 3 N–H and O–H groups in total. The van der Waals surface area contributed by atoms with E-state index in [9.17, 15) is 0 Å². The minimum absolute atomic E-state index is 0.0828. The van der Waals surface area contributed by atoms with Gasteiger partial charge in [0.05, 0.1) is 0 Å². The van der Waals surface area contributed by atoms with Crippen LogP contribution in [-0.2, 0) is 0 Å². The van der Waals surface area contributed by atoms with E-state index in [1.807, 2.05) is 25.3 Å². The summed E-state index contributed by atoms with van der Waals surface area (Å²) in [5.41, 5.74) is 6.93. The number of nitrogens with one attached hydrogen (secondary N) is 1. The minimum atomic E-state index is 0.0828. The van der Waals surface area contributed by atoms with Crippen molar-refractivity contribution in [2.45, 2.75) is 25.8 Å².